The minimum Gasteiger partial charge on any atom is -0.395 e. The zero-order valence-corrected chi connectivity index (χ0v) is 15.5. The molecule has 4 heteroatoms. The summed E-state index contributed by atoms with van der Waals surface area (Å²) in [4.78, 5) is 4.73. The lowest BCUT2D eigenvalue weighted by molar-refractivity contribution is 0.0986. The highest BCUT2D eigenvalue weighted by atomic mass is 16.3. The number of aliphatic hydroxyl groups is 1. The Labute approximate surface area is 157 Å². The summed E-state index contributed by atoms with van der Waals surface area (Å²) in [7, 11) is 0. The first-order valence-corrected chi connectivity index (χ1v) is 9.88. The van der Waals surface area contributed by atoms with Crippen LogP contribution in [0.3, 0.4) is 0 Å². The van der Waals surface area contributed by atoms with Gasteiger partial charge >= 0.3 is 0 Å². The Bertz CT molecular complexity index is 671. The smallest absolute Gasteiger partial charge is 0.0991 e. The van der Waals surface area contributed by atoms with Gasteiger partial charge in [-0.25, -0.2) is 0 Å². The van der Waals surface area contributed by atoms with Crippen LogP contribution in [0.15, 0.2) is 24.3 Å². The third-order valence-corrected chi connectivity index (χ3v) is 5.55. The van der Waals surface area contributed by atoms with Crippen molar-refractivity contribution in [1.82, 2.24) is 9.80 Å². The number of hydrogen-bond acceptors (Lipinski definition) is 4. The lowest BCUT2D eigenvalue weighted by Crippen LogP contribution is -2.48. The molecule has 26 heavy (non-hydrogen) atoms. The molecule has 2 aliphatic rings. The number of aliphatic hydroxyl groups excluding tert-OH is 1. The van der Waals surface area contributed by atoms with Gasteiger partial charge in [-0.05, 0) is 30.5 Å². The number of rotatable bonds is 4. The standard InChI is InChI=1S/C22H29N3O/c23-18-20-7-4-8-21(17-20)22(10-9-19-5-2-1-3-6-19)25-13-11-24(12-14-25)15-16-26/h4,7-8,17,19,22,26H,1-3,5-6,11-16H2/t22-/m1/s1. The molecule has 0 amide bonds. The van der Waals surface area contributed by atoms with Gasteiger partial charge in [-0.15, -0.1) is 0 Å². The second kappa shape index (κ2) is 9.74. The second-order valence-electron chi connectivity index (χ2n) is 7.36. The Morgan fingerprint density at radius 1 is 1.12 bits per heavy atom. The molecule has 1 heterocycles. The van der Waals surface area contributed by atoms with Crippen molar-refractivity contribution in [1.29, 1.82) is 5.26 Å². The van der Waals surface area contributed by atoms with Crippen LogP contribution < -0.4 is 0 Å². The summed E-state index contributed by atoms with van der Waals surface area (Å²) in [5.74, 6) is 7.66. The van der Waals surface area contributed by atoms with E-state index in [1.165, 1.54) is 32.1 Å². The van der Waals surface area contributed by atoms with Crippen LogP contribution >= 0.6 is 0 Å². The monoisotopic (exact) mass is 351 g/mol. The summed E-state index contributed by atoms with van der Waals surface area (Å²) >= 11 is 0. The summed E-state index contributed by atoms with van der Waals surface area (Å²) in [5.41, 5.74) is 1.83. The summed E-state index contributed by atoms with van der Waals surface area (Å²) in [6, 6.07) is 10.2. The van der Waals surface area contributed by atoms with Gasteiger partial charge in [0.1, 0.15) is 0 Å². The average Bonchev–Trinajstić information content (AvgIpc) is 2.70. The zero-order valence-electron chi connectivity index (χ0n) is 15.5. The van der Waals surface area contributed by atoms with Crippen molar-refractivity contribution >= 4 is 0 Å². The number of hydrogen-bond donors (Lipinski definition) is 1. The normalized spacial score (nSPS) is 20.8. The van der Waals surface area contributed by atoms with Crippen molar-refractivity contribution in [3.63, 3.8) is 0 Å². The molecule has 1 aliphatic carbocycles. The van der Waals surface area contributed by atoms with Gasteiger partial charge in [0.25, 0.3) is 0 Å². The Morgan fingerprint density at radius 3 is 2.58 bits per heavy atom. The number of nitrogens with zero attached hydrogens (tertiary/aromatic N) is 3. The first-order chi connectivity index (χ1) is 12.8. The molecule has 138 valence electrons. The molecule has 1 saturated carbocycles. The fourth-order valence-electron chi connectivity index (χ4n) is 3.99. The third-order valence-electron chi connectivity index (χ3n) is 5.55. The minimum atomic E-state index is 0.0569. The lowest BCUT2D eigenvalue weighted by Gasteiger charge is -2.37. The van der Waals surface area contributed by atoms with E-state index in [4.69, 9.17) is 5.11 Å². The third kappa shape index (κ3) is 5.08. The van der Waals surface area contributed by atoms with Crippen LogP contribution in [0.5, 0.6) is 0 Å². The predicted octanol–water partition coefficient (Wildman–Crippen LogP) is 2.79. The van der Waals surface area contributed by atoms with Gasteiger partial charge in [0.15, 0.2) is 0 Å². The summed E-state index contributed by atoms with van der Waals surface area (Å²) in [5, 5.41) is 18.4. The van der Waals surface area contributed by atoms with E-state index in [0.717, 1.165) is 38.3 Å². The van der Waals surface area contributed by atoms with Crippen molar-refractivity contribution in [2.75, 3.05) is 39.3 Å². The summed E-state index contributed by atoms with van der Waals surface area (Å²) < 4.78 is 0. The van der Waals surface area contributed by atoms with Gasteiger partial charge in [0.05, 0.1) is 24.3 Å². The average molecular weight is 351 g/mol. The van der Waals surface area contributed by atoms with Crippen molar-refractivity contribution in [2.45, 2.75) is 38.1 Å². The molecular formula is C22H29N3O. The molecule has 2 fully saturated rings. The highest BCUT2D eigenvalue weighted by Gasteiger charge is 2.24. The van der Waals surface area contributed by atoms with Crippen LogP contribution in [0.25, 0.3) is 0 Å². The minimum absolute atomic E-state index is 0.0569. The van der Waals surface area contributed by atoms with E-state index in [-0.39, 0.29) is 12.6 Å². The molecular weight excluding hydrogens is 322 g/mol. The van der Waals surface area contributed by atoms with Crippen LogP contribution in [0, 0.1) is 29.1 Å². The Morgan fingerprint density at radius 2 is 1.88 bits per heavy atom. The van der Waals surface area contributed by atoms with E-state index in [0.29, 0.717) is 11.5 Å². The molecule has 1 atom stereocenters. The quantitative estimate of drug-likeness (QED) is 0.848. The number of β-amino-alcohol motifs (C(OH)–C–C–N with tert-alkyl or cyclic N) is 1. The Hall–Kier alpha value is -1.85. The molecule has 0 spiro atoms. The second-order valence-corrected chi connectivity index (χ2v) is 7.36. The molecule has 0 aromatic heterocycles. The molecule has 1 aliphatic heterocycles. The zero-order chi connectivity index (χ0) is 18.2. The largest absolute Gasteiger partial charge is 0.395 e. The van der Waals surface area contributed by atoms with Crippen molar-refractivity contribution in [2.24, 2.45) is 5.92 Å². The van der Waals surface area contributed by atoms with E-state index >= 15 is 0 Å². The van der Waals surface area contributed by atoms with E-state index < -0.39 is 0 Å². The summed E-state index contributed by atoms with van der Waals surface area (Å²) in [6.07, 6.45) is 6.39. The molecule has 1 saturated heterocycles. The summed E-state index contributed by atoms with van der Waals surface area (Å²) in [6.45, 7) is 4.77. The van der Waals surface area contributed by atoms with Gasteiger partial charge < -0.3 is 5.11 Å². The van der Waals surface area contributed by atoms with Gasteiger partial charge in [-0.3, -0.25) is 9.80 Å². The SMILES string of the molecule is N#Cc1cccc([C@@H](C#CC2CCCCC2)N2CCN(CCO)CC2)c1. The van der Waals surface area contributed by atoms with Gasteiger partial charge in [0.2, 0.25) is 0 Å². The Balaban J connectivity index is 1.77. The molecule has 3 rings (SSSR count). The predicted molar refractivity (Wildman–Crippen MR) is 103 cm³/mol. The maximum Gasteiger partial charge on any atom is 0.0991 e. The van der Waals surface area contributed by atoms with E-state index in [1.807, 2.05) is 18.2 Å². The molecule has 0 radical (unpaired) electrons. The molecule has 1 aromatic rings. The molecule has 0 bridgehead atoms. The van der Waals surface area contributed by atoms with Gasteiger partial charge in [0, 0.05) is 38.6 Å². The van der Waals surface area contributed by atoms with Crippen LogP contribution in [-0.2, 0) is 0 Å². The molecule has 4 nitrogen and oxygen atoms in total. The van der Waals surface area contributed by atoms with E-state index in [2.05, 4.69) is 33.8 Å². The number of nitriles is 1. The highest BCUT2D eigenvalue weighted by molar-refractivity contribution is 5.37. The lowest BCUT2D eigenvalue weighted by atomic mass is 9.89. The van der Waals surface area contributed by atoms with Gasteiger partial charge in [-0.1, -0.05) is 43.2 Å². The first kappa shape index (κ1) is 18.9. The van der Waals surface area contributed by atoms with Crippen LogP contribution in [0.4, 0.5) is 0 Å². The maximum absolute atomic E-state index is 9.25. The van der Waals surface area contributed by atoms with E-state index in [9.17, 15) is 5.26 Å². The van der Waals surface area contributed by atoms with Crippen LogP contribution in [0.1, 0.15) is 49.3 Å². The van der Waals surface area contributed by atoms with E-state index in [1.54, 1.807) is 0 Å². The van der Waals surface area contributed by atoms with Crippen molar-refractivity contribution in [3.8, 4) is 17.9 Å². The van der Waals surface area contributed by atoms with Crippen molar-refractivity contribution < 1.29 is 5.11 Å². The first-order valence-electron chi connectivity index (χ1n) is 9.88. The fraction of sp³-hybridized carbons (Fsp3) is 0.591. The molecule has 1 aromatic carbocycles. The van der Waals surface area contributed by atoms with Gasteiger partial charge in [-0.2, -0.15) is 5.26 Å². The molecule has 0 unspecified atom stereocenters. The molecule has 1 N–H and O–H groups in total. The number of piperazine rings is 1. The maximum atomic E-state index is 9.25. The highest BCUT2D eigenvalue weighted by Crippen LogP contribution is 2.26. The van der Waals surface area contributed by atoms with Crippen molar-refractivity contribution in [3.05, 3.63) is 35.4 Å². The van der Waals surface area contributed by atoms with Crippen LogP contribution in [0.2, 0.25) is 0 Å². The topological polar surface area (TPSA) is 50.5 Å². The fourth-order valence-corrected chi connectivity index (χ4v) is 3.99. The van der Waals surface area contributed by atoms with Crippen LogP contribution in [-0.4, -0.2) is 54.2 Å². The Kier molecular flexibility index (Phi) is 7.09. The number of benzene rings is 1.